The first kappa shape index (κ1) is 21.7. The molecule has 172 valence electrons. The number of carbonyl (C=O) groups is 1. The molecule has 5 rings (SSSR count). The highest BCUT2D eigenvalue weighted by Crippen LogP contribution is 2.25. The Balaban J connectivity index is 1.18. The summed E-state index contributed by atoms with van der Waals surface area (Å²) in [5.74, 6) is 1.08. The number of urea groups is 1. The second-order valence-electron chi connectivity index (χ2n) is 8.61. The maximum Gasteiger partial charge on any atom is 0.321 e. The number of anilines is 2. The fourth-order valence-corrected chi connectivity index (χ4v) is 3.98. The lowest BCUT2D eigenvalue weighted by molar-refractivity contribution is 0.208. The molecule has 0 bridgehead atoms. The lowest BCUT2D eigenvalue weighted by Gasteiger charge is -2.36. The molecule has 0 radical (unpaired) electrons. The van der Waals surface area contributed by atoms with Crippen LogP contribution in [-0.2, 0) is 0 Å². The van der Waals surface area contributed by atoms with Crippen LogP contribution >= 0.6 is 0 Å². The van der Waals surface area contributed by atoms with Crippen molar-refractivity contribution >= 4 is 17.4 Å². The van der Waals surface area contributed by atoms with Crippen LogP contribution in [0.4, 0.5) is 16.2 Å². The Bertz CT molecular complexity index is 1260. The maximum atomic E-state index is 12.6. The second kappa shape index (κ2) is 9.39. The molecule has 2 amide bonds. The minimum atomic E-state index is -0.0552. The number of aryl methyl sites for hydroxylation is 2. The molecule has 4 aromatic rings. The van der Waals surface area contributed by atoms with Gasteiger partial charge >= 0.3 is 6.03 Å². The second-order valence-corrected chi connectivity index (χ2v) is 8.61. The number of piperazine rings is 1. The number of aromatic nitrogens is 2. The Hall–Kier alpha value is -4.13. The normalized spacial score (nSPS) is 13.7. The summed E-state index contributed by atoms with van der Waals surface area (Å²) in [6.45, 7) is 6.97. The summed E-state index contributed by atoms with van der Waals surface area (Å²) in [6, 6.07) is 24.0. The van der Waals surface area contributed by atoms with Gasteiger partial charge in [-0.3, -0.25) is 0 Å². The molecule has 34 heavy (non-hydrogen) atoms. The van der Waals surface area contributed by atoms with Crippen LogP contribution in [0.15, 0.2) is 77.3 Å². The van der Waals surface area contributed by atoms with E-state index in [4.69, 9.17) is 4.52 Å². The summed E-state index contributed by atoms with van der Waals surface area (Å²) in [7, 11) is 0. The lowest BCUT2D eigenvalue weighted by atomic mass is 10.1. The predicted octanol–water partition coefficient (Wildman–Crippen LogP) is 5.37. The third kappa shape index (κ3) is 4.78. The number of carbonyl (C=O) groups excluding carboxylic acids is 1. The monoisotopic (exact) mass is 453 g/mol. The number of hydrogen-bond donors (Lipinski definition) is 1. The van der Waals surface area contributed by atoms with Gasteiger partial charge < -0.3 is 19.6 Å². The molecule has 7 nitrogen and oxygen atoms in total. The molecular weight excluding hydrogens is 426 g/mol. The van der Waals surface area contributed by atoms with Gasteiger partial charge in [-0.2, -0.15) is 4.98 Å². The summed E-state index contributed by atoms with van der Waals surface area (Å²) >= 11 is 0. The standard InChI is InChI=1S/C27H27N5O2/c1-19-3-7-22(8-4-19)26-29-25(30-34-26)21-9-13-24(14-10-21)31-15-17-32(18-16-31)27(33)28-23-11-5-20(2)6-12-23/h3-14H,15-18H2,1-2H3,(H,28,33). The number of nitrogens with zero attached hydrogens (tertiary/aromatic N) is 4. The fourth-order valence-electron chi connectivity index (χ4n) is 3.98. The van der Waals surface area contributed by atoms with Crippen LogP contribution in [0.5, 0.6) is 0 Å². The molecule has 1 fully saturated rings. The smallest absolute Gasteiger partial charge is 0.321 e. The van der Waals surface area contributed by atoms with E-state index in [1.54, 1.807) is 0 Å². The molecular formula is C27H27N5O2. The van der Waals surface area contributed by atoms with Crippen molar-refractivity contribution < 1.29 is 9.32 Å². The van der Waals surface area contributed by atoms with Gasteiger partial charge in [0.25, 0.3) is 5.89 Å². The zero-order valence-corrected chi connectivity index (χ0v) is 19.4. The molecule has 0 unspecified atom stereocenters. The van der Waals surface area contributed by atoms with Crippen LogP contribution in [-0.4, -0.2) is 47.3 Å². The molecule has 3 aromatic carbocycles. The van der Waals surface area contributed by atoms with Crippen LogP contribution in [0.3, 0.4) is 0 Å². The van der Waals surface area contributed by atoms with Crippen molar-refractivity contribution in [2.24, 2.45) is 0 Å². The van der Waals surface area contributed by atoms with E-state index in [0.717, 1.165) is 35.6 Å². The van der Waals surface area contributed by atoms with Gasteiger partial charge in [0, 0.05) is 48.7 Å². The van der Waals surface area contributed by atoms with Crippen molar-refractivity contribution in [1.29, 1.82) is 0 Å². The Labute approximate surface area is 199 Å². The number of amides is 2. The highest BCUT2D eigenvalue weighted by molar-refractivity contribution is 5.89. The summed E-state index contributed by atoms with van der Waals surface area (Å²) in [5, 5.41) is 7.13. The van der Waals surface area contributed by atoms with Crippen molar-refractivity contribution in [3.8, 4) is 22.8 Å². The molecule has 0 saturated carbocycles. The van der Waals surface area contributed by atoms with Crippen LogP contribution in [0.1, 0.15) is 11.1 Å². The molecule has 1 aromatic heterocycles. The third-order valence-corrected chi connectivity index (χ3v) is 6.08. The van der Waals surface area contributed by atoms with Crippen molar-refractivity contribution in [1.82, 2.24) is 15.0 Å². The SMILES string of the molecule is Cc1ccc(NC(=O)N2CCN(c3ccc(-c4noc(-c5ccc(C)cc5)n4)cc3)CC2)cc1. The van der Waals surface area contributed by atoms with E-state index >= 15 is 0 Å². The van der Waals surface area contributed by atoms with E-state index in [1.807, 2.05) is 79.4 Å². The Kier molecular flexibility index (Phi) is 5.99. The molecule has 0 spiro atoms. The van der Waals surface area contributed by atoms with E-state index in [9.17, 15) is 4.79 Å². The Morgan fingerprint density at radius 2 is 1.38 bits per heavy atom. The average molecular weight is 454 g/mol. The van der Waals surface area contributed by atoms with E-state index in [2.05, 4.69) is 32.5 Å². The first-order chi connectivity index (χ1) is 16.5. The summed E-state index contributed by atoms with van der Waals surface area (Å²) in [6.07, 6.45) is 0. The van der Waals surface area contributed by atoms with Crippen molar-refractivity contribution in [2.75, 3.05) is 36.4 Å². The summed E-state index contributed by atoms with van der Waals surface area (Å²) in [5.41, 5.74) is 6.10. The maximum absolute atomic E-state index is 12.6. The lowest BCUT2D eigenvalue weighted by Crippen LogP contribution is -2.50. The van der Waals surface area contributed by atoms with Crippen LogP contribution in [0.2, 0.25) is 0 Å². The Morgan fingerprint density at radius 1 is 0.794 bits per heavy atom. The minimum absolute atomic E-state index is 0.0552. The van der Waals surface area contributed by atoms with Gasteiger partial charge in [0.15, 0.2) is 0 Å². The molecule has 0 aliphatic carbocycles. The fraction of sp³-hybridized carbons (Fsp3) is 0.222. The average Bonchev–Trinajstić information content (AvgIpc) is 3.36. The molecule has 2 heterocycles. The van der Waals surface area contributed by atoms with Gasteiger partial charge in [0.05, 0.1) is 0 Å². The molecule has 1 aliphatic rings. The number of rotatable bonds is 4. The highest BCUT2D eigenvalue weighted by Gasteiger charge is 2.21. The summed E-state index contributed by atoms with van der Waals surface area (Å²) in [4.78, 5) is 21.3. The van der Waals surface area contributed by atoms with Gasteiger partial charge in [0.2, 0.25) is 5.82 Å². The van der Waals surface area contributed by atoms with E-state index in [-0.39, 0.29) is 6.03 Å². The van der Waals surface area contributed by atoms with Crippen molar-refractivity contribution in [2.45, 2.75) is 13.8 Å². The van der Waals surface area contributed by atoms with Gasteiger partial charge in [-0.15, -0.1) is 0 Å². The third-order valence-electron chi connectivity index (χ3n) is 6.08. The molecule has 0 atom stereocenters. The topological polar surface area (TPSA) is 74.5 Å². The van der Waals surface area contributed by atoms with Crippen LogP contribution < -0.4 is 10.2 Å². The largest absolute Gasteiger partial charge is 0.368 e. The van der Waals surface area contributed by atoms with Crippen LogP contribution in [0, 0.1) is 13.8 Å². The number of benzene rings is 3. The zero-order chi connectivity index (χ0) is 23.5. The van der Waals surface area contributed by atoms with E-state index < -0.39 is 0 Å². The minimum Gasteiger partial charge on any atom is -0.368 e. The summed E-state index contributed by atoms with van der Waals surface area (Å²) < 4.78 is 5.46. The van der Waals surface area contributed by atoms with Gasteiger partial charge in [-0.1, -0.05) is 40.5 Å². The quantitative estimate of drug-likeness (QED) is 0.449. The van der Waals surface area contributed by atoms with Gasteiger partial charge in [-0.25, -0.2) is 4.79 Å². The van der Waals surface area contributed by atoms with E-state index in [1.165, 1.54) is 11.1 Å². The zero-order valence-electron chi connectivity index (χ0n) is 19.4. The predicted molar refractivity (Wildman–Crippen MR) is 134 cm³/mol. The molecule has 1 saturated heterocycles. The van der Waals surface area contributed by atoms with Crippen LogP contribution in [0.25, 0.3) is 22.8 Å². The first-order valence-electron chi connectivity index (χ1n) is 11.4. The Morgan fingerprint density at radius 3 is 2.03 bits per heavy atom. The molecule has 1 N–H and O–H groups in total. The number of nitrogens with one attached hydrogen (secondary N) is 1. The highest BCUT2D eigenvalue weighted by atomic mass is 16.5. The van der Waals surface area contributed by atoms with Gasteiger partial charge in [0.1, 0.15) is 0 Å². The van der Waals surface area contributed by atoms with Crippen molar-refractivity contribution in [3.63, 3.8) is 0 Å². The molecule has 1 aliphatic heterocycles. The van der Waals surface area contributed by atoms with E-state index in [0.29, 0.717) is 24.8 Å². The molecule has 7 heteroatoms. The number of hydrogen-bond acceptors (Lipinski definition) is 5. The van der Waals surface area contributed by atoms with Gasteiger partial charge in [-0.05, 0) is 62.4 Å². The van der Waals surface area contributed by atoms with Crippen molar-refractivity contribution in [3.05, 3.63) is 83.9 Å². The first-order valence-corrected chi connectivity index (χ1v) is 11.4.